The fraction of sp³-hybridized carbons (Fsp3) is 0.286. The zero-order valence-corrected chi connectivity index (χ0v) is 13.2. The first-order valence-electron chi connectivity index (χ1n) is 6.81. The van der Waals surface area contributed by atoms with Crippen LogP contribution in [0.4, 0.5) is 11.4 Å². The first kappa shape index (κ1) is 17.1. The summed E-state index contributed by atoms with van der Waals surface area (Å²) in [5, 5.41) is 25.6. The average molecular weight is 334 g/mol. The Kier molecular flexibility index (Phi) is 4.58. The van der Waals surface area contributed by atoms with Crippen molar-refractivity contribution in [1.29, 1.82) is 0 Å². The second-order valence-corrected chi connectivity index (χ2v) is 5.22. The van der Waals surface area contributed by atoms with Crippen LogP contribution in [-0.4, -0.2) is 32.9 Å². The molecule has 2 aromatic rings. The number of rotatable bonds is 5. The summed E-state index contributed by atoms with van der Waals surface area (Å²) in [5.74, 6) is -0.0287. The lowest BCUT2D eigenvalue weighted by Gasteiger charge is -2.17. The molecule has 10 nitrogen and oxygen atoms in total. The van der Waals surface area contributed by atoms with E-state index in [1.165, 1.54) is 11.9 Å². The van der Waals surface area contributed by atoms with E-state index in [1.54, 1.807) is 13.8 Å². The highest BCUT2D eigenvalue weighted by Crippen LogP contribution is 2.24. The minimum atomic E-state index is -0.780. The SMILES string of the molecule is Cc1noc(C)c1CN(C)C(=O)c1cc([N+](=O)[O-])cc([N+](=O)[O-])c1. The van der Waals surface area contributed by atoms with Crippen LogP contribution in [-0.2, 0) is 6.54 Å². The van der Waals surface area contributed by atoms with Gasteiger partial charge < -0.3 is 9.42 Å². The standard InChI is InChI=1S/C14H14N4O6/c1-8-13(9(2)24-15-8)7-16(3)14(19)10-4-11(17(20)21)6-12(5-10)18(22)23/h4-6H,7H2,1-3H3. The fourth-order valence-electron chi connectivity index (χ4n) is 2.19. The van der Waals surface area contributed by atoms with Crippen molar-refractivity contribution in [2.24, 2.45) is 0 Å². The lowest BCUT2D eigenvalue weighted by atomic mass is 10.1. The Balaban J connectivity index is 2.34. The van der Waals surface area contributed by atoms with Crippen molar-refractivity contribution in [1.82, 2.24) is 10.1 Å². The summed E-state index contributed by atoms with van der Waals surface area (Å²) in [7, 11) is 1.48. The number of nitrogens with zero attached hydrogens (tertiary/aromatic N) is 4. The third-order valence-electron chi connectivity index (χ3n) is 3.49. The monoisotopic (exact) mass is 334 g/mol. The molecule has 0 aliphatic carbocycles. The molecule has 0 aliphatic rings. The van der Waals surface area contributed by atoms with Crippen LogP contribution in [0.15, 0.2) is 22.7 Å². The number of benzene rings is 1. The molecule has 0 spiro atoms. The quantitative estimate of drug-likeness (QED) is 0.605. The van der Waals surface area contributed by atoms with Crippen molar-refractivity contribution in [2.45, 2.75) is 20.4 Å². The number of nitro groups is 2. The highest BCUT2D eigenvalue weighted by Gasteiger charge is 2.23. The molecule has 0 saturated carbocycles. The molecule has 0 N–H and O–H groups in total. The molecule has 0 fully saturated rings. The van der Waals surface area contributed by atoms with Crippen molar-refractivity contribution < 1.29 is 19.2 Å². The third kappa shape index (κ3) is 3.37. The number of non-ortho nitro benzene ring substituents is 2. The highest BCUT2D eigenvalue weighted by molar-refractivity contribution is 5.95. The van der Waals surface area contributed by atoms with Gasteiger partial charge in [-0.3, -0.25) is 25.0 Å². The van der Waals surface area contributed by atoms with Crippen LogP contribution in [0, 0.1) is 34.1 Å². The van der Waals surface area contributed by atoms with E-state index in [0.717, 1.165) is 18.2 Å². The van der Waals surface area contributed by atoms with Crippen LogP contribution in [0.3, 0.4) is 0 Å². The van der Waals surface area contributed by atoms with Gasteiger partial charge in [-0.05, 0) is 13.8 Å². The van der Waals surface area contributed by atoms with E-state index in [1.807, 2.05) is 0 Å². The molecule has 1 aromatic heterocycles. The number of carbonyl (C=O) groups is 1. The van der Waals surface area contributed by atoms with Crippen molar-refractivity contribution in [3.63, 3.8) is 0 Å². The van der Waals surface area contributed by atoms with E-state index in [0.29, 0.717) is 17.0 Å². The summed E-state index contributed by atoms with van der Waals surface area (Å²) >= 11 is 0. The van der Waals surface area contributed by atoms with Crippen LogP contribution in [0.5, 0.6) is 0 Å². The summed E-state index contributed by atoms with van der Waals surface area (Å²) < 4.78 is 5.02. The van der Waals surface area contributed by atoms with E-state index in [-0.39, 0.29) is 12.1 Å². The second kappa shape index (κ2) is 6.44. The maximum absolute atomic E-state index is 12.5. The van der Waals surface area contributed by atoms with Crippen molar-refractivity contribution in [3.8, 4) is 0 Å². The Hall–Kier alpha value is -3.30. The van der Waals surface area contributed by atoms with Gasteiger partial charge in [-0.15, -0.1) is 0 Å². The predicted octanol–water partition coefficient (Wildman–Crippen LogP) is 2.38. The number of hydrogen-bond acceptors (Lipinski definition) is 7. The summed E-state index contributed by atoms with van der Waals surface area (Å²) in [6.07, 6.45) is 0. The number of hydrogen-bond donors (Lipinski definition) is 0. The molecule has 1 amide bonds. The van der Waals surface area contributed by atoms with E-state index < -0.39 is 27.1 Å². The highest BCUT2D eigenvalue weighted by atomic mass is 16.6. The number of amides is 1. The molecule has 0 radical (unpaired) electrons. The maximum atomic E-state index is 12.5. The van der Waals surface area contributed by atoms with Crippen molar-refractivity contribution in [2.75, 3.05) is 7.05 Å². The molecule has 0 bridgehead atoms. The molecule has 126 valence electrons. The van der Waals surface area contributed by atoms with Gasteiger partial charge in [-0.25, -0.2) is 0 Å². The van der Waals surface area contributed by atoms with Crippen LogP contribution >= 0.6 is 0 Å². The van der Waals surface area contributed by atoms with Gasteiger partial charge in [-0.1, -0.05) is 5.16 Å². The number of aromatic nitrogens is 1. The zero-order valence-electron chi connectivity index (χ0n) is 13.2. The Labute approximate surface area is 136 Å². The van der Waals surface area contributed by atoms with Gasteiger partial charge in [0.15, 0.2) is 0 Å². The number of nitro benzene ring substituents is 2. The lowest BCUT2D eigenvalue weighted by Crippen LogP contribution is -2.26. The summed E-state index contributed by atoms with van der Waals surface area (Å²) in [5.41, 5.74) is 0.171. The van der Waals surface area contributed by atoms with Gasteiger partial charge in [0.05, 0.1) is 33.7 Å². The topological polar surface area (TPSA) is 133 Å². The van der Waals surface area contributed by atoms with Gasteiger partial charge in [0.25, 0.3) is 17.3 Å². The second-order valence-electron chi connectivity index (χ2n) is 5.22. The first-order valence-corrected chi connectivity index (χ1v) is 6.81. The van der Waals surface area contributed by atoms with Gasteiger partial charge in [0, 0.05) is 24.7 Å². The molecule has 1 aromatic carbocycles. The average Bonchev–Trinajstić information content (AvgIpc) is 2.85. The Morgan fingerprint density at radius 1 is 1.17 bits per heavy atom. The van der Waals surface area contributed by atoms with Crippen LogP contribution in [0.1, 0.15) is 27.4 Å². The Bertz CT molecular complexity index is 777. The third-order valence-corrected chi connectivity index (χ3v) is 3.49. The molecular weight excluding hydrogens is 320 g/mol. The zero-order chi connectivity index (χ0) is 18.0. The lowest BCUT2D eigenvalue weighted by molar-refractivity contribution is -0.394. The van der Waals surface area contributed by atoms with Crippen molar-refractivity contribution >= 4 is 17.3 Å². The Morgan fingerprint density at radius 3 is 2.12 bits per heavy atom. The van der Waals surface area contributed by atoms with Gasteiger partial charge in [0.1, 0.15) is 5.76 Å². The molecule has 0 atom stereocenters. The predicted molar refractivity (Wildman–Crippen MR) is 81.5 cm³/mol. The van der Waals surface area contributed by atoms with Crippen LogP contribution in [0.25, 0.3) is 0 Å². The van der Waals surface area contributed by atoms with Gasteiger partial charge >= 0.3 is 0 Å². The molecule has 1 heterocycles. The van der Waals surface area contributed by atoms with Crippen LogP contribution in [0.2, 0.25) is 0 Å². The fourth-order valence-corrected chi connectivity index (χ4v) is 2.19. The summed E-state index contributed by atoms with van der Waals surface area (Å²) in [6, 6.07) is 2.84. The molecule has 0 saturated heterocycles. The van der Waals surface area contributed by atoms with E-state index in [9.17, 15) is 25.0 Å². The summed E-state index contributed by atoms with van der Waals surface area (Å²) in [4.78, 5) is 34.0. The smallest absolute Gasteiger partial charge is 0.277 e. The largest absolute Gasteiger partial charge is 0.361 e. The summed E-state index contributed by atoms with van der Waals surface area (Å²) in [6.45, 7) is 3.59. The Morgan fingerprint density at radius 2 is 1.71 bits per heavy atom. The molecular formula is C14H14N4O6. The van der Waals surface area contributed by atoms with Gasteiger partial charge in [0.2, 0.25) is 0 Å². The van der Waals surface area contributed by atoms with Gasteiger partial charge in [-0.2, -0.15) is 0 Å². The molecule has 24 heavy (non-hydrogen) atoms. The molecule has 10 heteroatoms. The van der Waals surface area contributed by atoms with Crippen molar-refractivity contribution in [3.05, 3.63) is 61.0 Å². The van der Waals surface area contributed by atoms with Crippen LogP contribution < -0.4 is 0 Å². The van der Waals surface area contributed by atoms with E-state index in [4.69, 9.17) is 4.52 Å². The number of carbonyl (C=O) groups excluding carboxylic acids is 1. The molecule has 0 unspecified atom stereocenters. The maximum Gasteiger partial charge on any atom is 0.277 e. The minimum absolute atomic E-state index is 0.134. The number of aryl methyl sites for hydroxylation is 2. The first-order chi connectivity index (χ1) is 11.2. The van der Waals surface area contributed by atoms with E-state index in [2.05, 4.69) is 5.16 Å². The normalized spacial score (nSPS) is 10.5. The molecule has 2 rings (SSSR count). The minimum Gasteiger partial charge on any atom is -0.361 e. The molecule has 0 aliphatic heterocycles. The van der Waals surface area contributed by atoms with E-state index >= 15 is 0 Å².